The second-order valence-electron chi connectivity index (χ2n) is 7.14. The van der Waals surface area contributed by atoms with Crippen molar-refractivity contribution >= 4 is 41.3 Å². The summed E-state index contributed by atoms with van der Waals surface area (Å²) in [5.41, 5.74) is 11.7. The van der Waals surface area contributed by atoms with Gasteiger partial charge < -0.3 is 10.8 Å². The van der Waals surface area contributed by atoms with E-state index in [9.17, 15) is 14.7 Å². The predicted molar refractivity (Wildman–Crippen MR) is 114 cm³/mol. The molecule has 6 nitrogen and oxygen atoms in total. The largest absolute Gasteiger partial charge is 0.480 e. The third kappa shape index (κ3) is 4.83. The Morgan fingerprint density at radius 3 is 2.55 bits per heavy atom. The SMILES string of the molecule is NCCCc1ccc(C[C@@H]2C[C@@H](C(=O)O)N(NC=O)c3cc(Cl)cc(Cl)c32)cc1. The molecule has 154 valence electrons. The van der Waals surface area contributed by atoms with Gasteiger partial charge in [-0.05, 0) is 67.0 Å². The van der Waals surface area contributed by atoms with E-state index in [0.717, 1.165) is 24.0 Å². The third-order valence-corrected chi connectivity index (χ3v) is 5.74. The van der Waals surface area contributed by atoms with Crippen LogP contribution in [-0.4, -0.2) is 30.1 Å². The molecule has 3 rings (SSSR count). The molecule has 2 aromatic rings. The number of carboxylic acids is 1. The smallest absolute Gasteiger partial charge is 0.328 e. The van der Waals surface area contributed by atoms with Gasteiger partial charge in [0.1, 0.15) is 6.04 Å². The molecule has 29 heavy (non-hydrogen) atoms. The average molecular weight is 436 g/mol. The number of hydrogen-bond donors (Lipinski definition) is 3. The summed E-state index contributed by atoms with van der Waals surface area (Å²) in [7, 11) is 0. The van der Waals surface area contributed by atoms with Crippen LogP contribution in [0.15, 0.2) is 36.4 Å². The highest BCUT2D eigenvalue weighted by atomic mass is 35.5. The maximum atomic E-state index is 11.9. The van der Waals surface area contributed by atoms with Crippen molar-refractivity contribution in [3.05, 3.63) is 63.1 Å². The lowest BCUT2D eigenvalue weighted by atomic mass is 9.82. The molecule has 0 spiro atoms. The molecule has 0 unspecified atom stereocenters. The number of nitrogens with one attached hydrogen (secondary N) is 1. The van der Waals surface area contributed by atoms with E-state index in [2.05, 4.69) is 29.7 Å². The minimum atomic E-state index is -1.02. The number of aryl methyl sites for hydroxylation is 1. The Balaban J connectivity index is 1.95. The number of benzene rings is 2. The van der Waals surface area contributed by atoms with E-state index in [1.807, 2.05) is 0 Å². The molecule has 2 atom stereocenters. The van der Waals surface area contributed by atoms with E-state index in [-0.39, 0.29) is 5.92 Å². The fraction of sp³-hybridized carbons (Fsp3) is 0.333. The summed E-state index contributed by atoms with van der Waals surface area (Å²) in [6.45, 7) is 0.656. The average Bonchev–Trinajstić information content (AvgIpc) is 2.68. The van der Waals surface area contributed by atoms with Gasteiger partial charge in [0.2, 0.25) is 6.41 Å². The Bertz CT molecular complexity index is 889. The van der Waals surface area contributed by atoms with E-state index in [1.54, 1.807) is 12.1 Å². The summed E-state index contributed by atoms with van der Waals surface area (Å²) in [6, 6.07) is 10.6. The minimum absolute atomic E-state index is 0.129. The van der Waals surface area contributed by atoms with Crippen LogP contribution in [0.3, 0.4) is 0 Å². The first kappa shape index (κ1) is 21.4. The number of aliphatic carboxylic acids is 1. The van der Waals surface area contributed by atoms with Crippen LogP contribution in [0.5, 0.6) is 0 Å². The quantitative estimate of drug-likeness (QED) is 0.551. The second-order valence-corrected chi connectivity index (χ2v) is 7.98. The number of halogens is 2. The number of hydrogen-bond acceptors (Lipinski definition) is 4. The summed E-state index contributed by atoms with van der Waals surface area (Å²) in [5.74, 6) is -1.15. The van der Waals surface area contributed by atoms with Gasteiger partial charge in [0, 0.05) is 10.0 Å². The van der Waals surface area contributed by atoms with Crippen molar-refractivity contribution < 1.29 is 14.7 Å². The lowest BCUT2D eigenvalue weighted by molar-refractivity contribution is -0.139. The summed E-state index contributed by atoms with van der Waals surface area (Å²) >= 11 is 12.7. The Kier molecular flexibility index (Phi) is 7.00. The van der Waals surface area contributed by atoms with Gasteiger partial charge in [-0.1, -0.05) is 47.5 Å². The molecule has 0 aromatic heterocycles. The molecule has 8 heteroatoms. The van der Waals surface area contributed by atoms with Gasteiger partial charge in [-0.15, -0.1) is 0 Å². The van der Waals surface area contributed by atoms with E-state index in [0.29, 0.717) is 41.5 Å². The van der Waals surface area contributed by atoms with Gasteiger partial charge >= 0.3 is 5.97 Å². The number of nitrogens with zero attached hydrogens (tertiary/aromatic N) is 1. The Morgan fingerprint density at radius 2 is 1.93 bits per heavy atom. The van der Waals surface area contributed by atoms with E-state index >= 15 is 0 Å². The number of carbonyl (C=O) groups excluding carboxylic acids is 1. The molecule has 2 aromatic carbocycles. The Labute approximate surface area is 179 Å². The van der Waals surface area contributed by atoms with E-state index in [4.69, 9.17) is 28.9 Å². The Morgan fingerprint density at radius 1 is 1.24 bits per heavy atom. The molecule has 0 saturated heterocycles. The molecule has 1 aliphatic rings. The van der Waals surface area contributed by atoms with Crippen LogP contribution in [0.2, 0.25) is 10.0 Å². The van der Waals surface area contributed by atoms with Gasteiger partial charge in [0.25, 0.3) is 0 Å². The Hall–Kier alpha value is -2.28. The normalized spacial score (nSPS) is 18.2. The van der Waals surface area contributed by atoms with Gasteiger partial charge in [0.15, 0.2) is 0 Å². The molecular weight excluding hydrogens is 413 g/mol. The van der Waals surface area contributed by atoms with E-state index < -0.39 is 12.0 Å². The number of fused-ring (bicyclic) bond motifs is 1. The van der Waals surface area contributed by atoms with Gasteiger partial charge in [-0.2, -0.15) is 0 Å². The van der Waals surface area contributed by atoms with Crippen LogP contribution in [0.1, 0.15) is 35.4 Å². The zero-order valence-corrected chi connectivity index (χ0v) is 17.3. The van der Waals surface area contributed by atoms with Crippen LogP contribution in [0.4, 0.5) is 5.69 Å². The first-order valence-electron chi connectivity index (χ1n) is 9.43. The van der Waals surface area contributed by atoms with Crippen molar-refractivity contribution in [2.45, 2.75) is 37.6 Å². The van der Waals surface area contributed by atoms with Crippen LogP contribution in [-0.2, 0) is 22.4 Å². The number of hydrazine groups is 1. The van der Waals surface area contributed by atoms with Crippen molar-refractivity contribution in [3.8, 4) is 0 Å². The van der Waals surface area contributed by atoms with Gasteiger partial charge in [0.05, 0.1) is 5.69 Å². The van der Waals surface area contributed by atoms with Crippen molar-refractivity contribution in [3.63, 3.8) is 0 Å². The van der Waals surface area contributed by atoms with Gasteiger partial charge in [-0.25, -0.2) is 4.79 Å². The van der Waals surface area contributed by atoms with Crippen molar-refractivity contribution in [1.82, 2.24) is 5.43 Å². The predicted octanol–water partition coefficient (Wildman–Crippen LogP) is 3.54. The number of nitrogens with two attached hydrogens (primary N) is 1. The molecule has 0 aliphatic carbocycles. The van der Waals surface area contributed by atoms with Crippen LogP contribution in [0.25, 0.3) is 0 Å². The highest BCUT2D eigenvalue weighted by Gasteiger charge is 2.38. The summed E-state index contributed by atoms with van der Waals surface area (Å²) in [5, 5.41) is 11.9. The zero-order valence-electron chi connectivity index (χ0n) is 15.8. The first-order valence-corrected chi connectivity index (χ1v) is 10.2. The molecular formula is C21H23Cl2N3O3. The topological polar surface area (TPSA) is 95.7 Å². The molecule has 4 N–H and O–H groups in total. The first-order chi connectivity index (χ1) is 13.9. The summed E-state index contributed by atoms with van der Waals surface area (Å²) < 4.78 is 0. The molecule has 0 saturated carbocycles. The molecule has 1 aliphatic heterocycles. The fourth-order valence-electron chi connectivity index (χ4n) is 3.88. The molecule has 0 fully saturated rings. The minimum Gasteiger partial charge on any atom is -0.480 e. The summed E-state index contributed by atoms with van der Waals surface area (Å²) in [6.07, 6.45) is 3.25. The molecule has 1 amide bonds. The molecule has 0 radical (unpaired) electrons. The van der Waals surface area contributed by atoms with Gasteiger partial charge in [-0.3, -0.25) is 15.2 Å². The lowest BCUT2D eigenvalue weighted by Crippen LogP contribution is -2.53. The van der Waals surface area contributed by atoms with Crippen LogP contribution >= 0.6 is 23.2 Å². The van der Waals surface area contributed by atoms with Crippen LogP contribution in [0, 0.1) is 0 Å². The van der Waals surface area contributed by atoms with Crippen molar-refractivity contribution in [2.75, 3.05) is 11.6 Å². The molecule has 0 bridgehead atoms. The van der Waals surface area contributed by atoms with Crippen molar-refractivity contribution in [1.29, 1.82) is 0 Å². The third-order valence-electron chi connectivity index (χ3n) is 5.21. The lowest BCUT2D eigenvalue weighted by Gasteiger charge is -2.39. The number of carbonyl (C=O) groups is 2. The van der Waals surface area contributed by atoms with Crippen LogP contribution < -0.4 is 16.2 Å². The standard InChI is InChI=1S/C21H23Cl2N3O3/c22-16-10-17(23)20-15(8-14-5-3-13(4-6-14)2-1-7-24)9-19(21(28)29)26(25-12-27)18(20)11-16/h3-6,10-12,15,19H,1-2,7-9,24H2,(H,25,27)(H,28,29)/t15-,19+/m1/s1. The number of carboxylic acid groups (broad SMARTS) is 1. The second kappa shape index (κ2) is 9.48. The van der Waals surface area contributed by atoms with E-state index in [1.165, 1.54) is 10.6 Å². The molecule has 1 heterocycles. The summed E-state index contributed by atoms with van der Waals surface area (Å²) in [4.78, 5) is 23.0. The number of anilines is 1. The van der Waals surface area contributed by atoms with Crippen molar-refractivity contribution in [2.24, 2.45) is 5.73 Å². The maximum Gasteiger partial charge on any atom is 0.328 e. The number of rotatable bonds is 8. The highest BCUT2D eigenvalue weighted by molar-refractivity contribution is 6.35. The monoisotopic (exact) mass is 435 g/mol. The fourth-order valence-corrected chi connectivity index (χ4v) is 4.52. The zero-order chi connectivity index (χ0) is 21.0. The highest BCUT2D eigenvalue weighted by Crippen LogP contribution is 2.44. The number of amides is 1. The maximum absolute atomic E-state index is 11.9.